The van der Waals surface area contributed by atoms with Crippen LogP contribution in [0, 0.1) is 5.92 Å². The van der Waals surface area contributed by atoms with E-state index in [4.69, 9.17) is 14.5 Å². The number of fused-ring (bicyclic) bond motifs is 1. The summed E-state index contributed by atoms with van der Waals surface area (Å²) in [6, 6.07) is 14.8. The molecule has 2 aromatic rings. The number of hydrogen-bond acceptors (Lipinski definition) is 5. The molecule has 0 aromatic heterocycles. The van der Waals surface area contributed by atoms with Crippen molar-refractivity contribution in [1.82, 2.24) is 10.2 Å². The summed E-state index contributed by atoms with van der Waals surface area (Å²) < 4.78 is 10.9. The van der Waals surface area contributed by atoms with Crippen molar-refractivity contribution >= 4 is 11.6 Å². The summed E-state index contributed by atoms with van der Waals surface area (Å²) in [4.78, 5) is 9.38. The summed E-state index contributed by atoms with van der Waals surface area (Å²) in [6.07, 6.45) is 2.12. The van der Waals surface area contributed by atoms with Gasteiger partial charge in [0, 0.05) is 45.5 Å². The molecule has 4 rings (SSSR count). The summed E-state index contributed by atoms with van der Waals surface area (Å²) in [6.45, 7) is 6.87. The predicted molar refractivity (Wildman–Crippen MR) is 127 cm³/mol. The molecule has 0 unspecified atom stereocenters. The molecule has 0 radical (unpaired) electrons. The van der Waals surface area contributed by atoms with Gasteiger partial charge in [-0.05, 0) is 61.1 Å². The van der Waals surface area contributed by atoms with Crippen LogP contribution in [0.25, 0.3) is 0 Å². The zero-order chi connectivity index (χ0) is 22.3. The number of nitrogens with one attached hydrogen (secondary N) is 1. The fraction of sp³-hybridized carbons (Fsp3) is 0.480. The monoisotopic (exact) mass is 438 g/mol. The van der Waals surface area contributed by atoms with Crippen LogP contribution in [-0.2, 0) is 13.1 Å². The minimum Gasteiger partial charge on any atom is -0.454 e. The van der Waals surface area contributed by atoms with E-state index in [1.165, 1.54) is 11.3 Å². The molecule has 0 aliphatic carbocycles. The van der Waals surface area contributed by atoms with Crippen LogP contribution in [0.2, 0.25) is 0 Å². The van der Waals surface area contributed by atoms with Crippen LogP contribution in [0.15, 0.2) is 47.5 Å². The van der Waals surface area contributed by atoms with Crippen LogP contribution in [0.1, 0.15) is 30.9 Å². The van der Waals surface area contributed by atoms with E-state index in [0.717, 1.165) is 62.0 Å². The average molecular weight is 439 g/mol. The first-order valence-electron chi connectivity index (χ1n) is 11.5. The summed E-state index contributed by atoms with van der Waals surface area (Å²) >= 11 is 0. The van der Waals surface area contributed by atoms with E-state index >= 15 is 0 Å². The summed E-state index contributed by atoms with van der Waals surface area (Å²) in [5.41, 5.74) is 3.59. The van der Waals surface area contributed by atoms with Gasteiger partial charge in [0.25, 0.3) is 0 Å². The molecule has 2 aliphatic rings. The Morgan fingerprint density at radius 1 is 1.09 bits per heavy atom. The number of nitrogens with zero attached hydrogens (tertiary/aromatic N) is 3. The minimum atomic E-state index is 0.290. The van der Waals surface area contributed by atoms with Crippen molar-refractivity contribution in [3.8, 4) is 11.5 Å². The van der Waals surface area contributed by atoms with Crippen molar-refractivity contribution in [3.63, 3.8) is 0 Å². The number of rotatable bonds is 7. The fourth-order valence-electron chi connectivity index (χ4n) is 4.21. The third-order valence-corrected chi connectivity index (χ3v) is 6.14. The second kappa shape index (κ2) is 10.6. The van der Waals surface area contributed by atoms with Gasteiger partial charge in [-0.25, -0.2) is 4.99 Å². The van der Waals surface area contributed by atoms with Gasteiger partial charge in [0.2, 0.25) is 6.79 Å². The van der Waals surface area contributed by atoms with E-state index in [-0.39, 0.29) is 0 Å². The maximum absolute atomic E-state index is 9.33. The van der Waals surface area contributed by atoms with Gasteiger partial charge >= 0.3 is 0 Å². The van der Waals surface area contributed by atoms with Gasteiger partial charge in [0.05, 0.1) is 6.54 Å². The number of ether oxygens (including phenoxy) is 2. The second-order valence-corrected chi connectivity index (χ2v) is 8.49. The van der Waals surface area contributed by atoms with Crippen molar-refractivity contribution in [1.29, 1.82) is 0 Å². The maximum Gasteiger partial charge on any atom is 0.231 e. The Morgan fingerprint density at radius 2 is 1.81 bits per heavy atom. The van der Waals surface area contributed by atoms with Crippen LogP contribution in [0.5, 0.6) is 11.5 Å². The number of benzene rings is 2. The second-order valence-electron chi connectivity index (χ2n) is 8.49. The molecule has 0 amide bonds. The summed E-state index contributed by atoms with van der Waals surface area (Å²) in [5, 5.41) is 12.7. The van der Waals surface area contributed by atoms with Gasteiger partial charge < -0.3 is 29.7 Å². The summed E-state index contributed by atoms with van der Waals surface area (Å²) in [7, 11) is 2.05. The Kier molecular flexibility index (Phi) is 7.37. The lowest BCUT2D eigenvalue weighted by atomic mass is 9.97. The van der Waals surface area contributed by atoms with Crippen LogP contribution in [0.3, 0.4) is 0 Å². The lowest BCUT2D eigenvalue weighted by Gasteiger charge is -2.32. The molecule has 2 aromatic carbocycles. The van der Waals surface area contributed by atoms with Gasteiger partial charge in [0.1, 0.15) is 0 Å². The van der Waals surface area contributed by atoms with Gasteiger partial charge in [-0.15, -0.1) is 0 Å². The number of guanidine groups is 1. The van der Waals surface area contributed by atoms with E-state index in [9.17, 15) is 5.11 Å². The van der Waals surface area contributed by atoms with Crippen LogP contribution in [0.4, 0.5) is 5.69 Å². The Labute approximate surface area is 190 Å². The SMILES string of the molecule is CCNC(=NCc1ccc(N2CCC(CO)CC2)cc1)N(C)Cc1ccc2c(c1)OCO2. The molecule has 2 aliphatic heterocycles. The topological polar surface area (TPSA) is 69.6 Å². The molecule has 0 atom stereocenters. The first kappa shape index (κ1) is 22.3. The highest BCUT2D eigenvalue weighted by molar-refractivity contribution is 5.79. The van der Waals surface area contributed by atoms with E-state index in [2.05, 4.69) is 52.4 Å². The Hall–Kier alpha value is -2.93. The molecule has 0 saturated carbocycles. The predicted octanol–water partition coefficient (Wildman–Crippen LogP) is 3.22. The smallest absolute Gasteiger partial charge is 0.231 e. The molecule has 0 spiro atoms. The van der Waals surface area contributed by atoms with E-state index in [1.807, 2.05) is 19.2 Å². The molecular weight excluding hydrogens is 404 g/mol. The van der Waals surface area contributed by atoms with Crippen molar-refractivity contribution in [2.45, 2.75) is 32.9 Å². The number of piperidine rings is 1. The molecular formula is C25H34N4O3. The molecule has 1 saturated heterocycles. The molecule has 1 fully saturated rings. The molecule has 2 heterocycles. The van der Waals surface area contributed by atoms with Crippen molar-refractivity contribution in [2.75, 3.05) is 45.0 Å². The first-order valence-corrected chi connectivity index (χ1v) is 11.5. The standard InChI is InChI=1S/C25H34N4O3/c1-3-26-25(28(2)16-21-6-9-23-24(14-21)32-18-31-23)27-15-19-4-7-22(8-5-19)29-12-10-20(17-30)11-13-29/h4-9,14,20,30H,3,10-13,15-18H2,1-2H3,(H,26,27). The molecule has 2 N–H and O–H groups in total. The number of anilines is 1. The molecule has 7 nitrogen and oxygen atoms in total. The van der Waals surface area contributed by atoms with Crippen molar-refractivity contribution in [2.24, 2.45) is 10.9 Å². The highest BCUT2D eigenvalue weighted by Crippen LogP contribution is 2.32. The van der Waals surface area contributed by atoms with Gasteiger partial charge in [0.15, 0.2) is 17.5 Å². The van der Waals surface area contributed by atoms with Crippen LogP contribution >= 0.6 is 0 Å². The number of aliphatic hydroxyl groups is 1. The average Bonchev–Trinajstić information content (AvgIpc) is 3.30. The van der Waals surface area contributed by atoms with Gasteiger partial charge in [-0.1, -0.05) is 18.2 Å². The van der Waals surface area contributed by atoms with Gasteiger partial charge in [-0.3, -0.25) is 0 Å². The molecule has 7 heteroatoms. The number of aliphatic hydroxyl groups excluding tert-OH is 1. The third-order valence-electron chi connectivity index (χ3n) is 6.14. The van der Waals surface area contributed by atoms with E-state index in [0.29, 0.717) is 25.9 Å². The normalized spacial score (nSPS) is 16.3. The number of hydrogen-bond donors (Lipinski definition) is 2. The lowest BCUT2D eigenvalue weighted by Crippen LogP contribution is -2.38. The van der Waals surface area contributed by atoms with Gasteiger partial charge in [-0.2, -0.15) is 0 Å². The van der Waals surface area contributed by atoms with Crippen molar-refractivity contribution < 1.29 is 14.6 Å². The third kappa shape index (κ3) is 5.46. The highest BCUT2D eigenvalue weighted by Gasteiger charge is 2.18. The minimum absolute atomic E-state index is 0.290. The Morgan fingerprint density at radius 3 is 2.53 bits per heavy atom. The fourth-order valence-corrected chi connectivity index (χ4v) is 4.21. The first-order chi connectivity index (χ1) is 15.7. The highest BCUT2D eigenvalue weighted by atomic mass is 16.7. The molecule has 172 valence electrons. The Bertz CT molecular complexity index is 908. The quantitative estimate of drug-likeness (QED) is 0.511. The van der Waals surface area contributed by atoms with Crippen LogP contribution in [-0.4, -0.2) is 56.0 Å². The lowest BCUT2D eigenvalue weighted by molar-refractivity contribution is 0.174. The van der Waals surface area contributed by atoms with E-state index < -0.39 is 0 Å². The zero-order valence-electron chi connectivity index (χ0n) is 19.1. The Balaban J connectivity index is 1.36. The zero-order valence-corrected chi connectivity index (χ0v) is 19.1. The van der Waals surface area contributed by atoms with E-state index in [1.54, 1.807) is 0 Å². The van der Waals surface area contributed by atoms with Crippen molar-refractivity contribution in [3.05, 3.63) is 53.6 Å². The maximum atomic E-state index is 9.33. The van der Waals surface area contributed by atoms with Crippen LogP contribution < -0.4 is 19.7 Å². The molecule has 32 heavy (non-hydrogen) atoms. The molecule has 0 bridgehead atoms. The summed E-state index contributed by atoms with van der Waals surface area (Å²) in [5.74, 6) is 2.94. The largest absolute Gasteiger partial charge is 0.454 e. The number of aliphatic imine (C=N–C) groups is 1.